The van der Waals surface area contributed by atoms with Crippen molar-refractivity contribution in [2.24, 2.45) is 0 Å². The maximum Gasteiger partial charge on any atom is 0.218 e. The molecule has 0 atom stereocenters. The normalized spacial score (nSPS) is 8.91. The lowest BCUT2D eigenvalue weighted by Gasteiger charge is -1.94. The molecule has 10 heteroatoms. The number of hydrogen-bond donors (Lipinski definition) is 1. The first-order chi connectivity index (χ1) is 10.7. The summed E-state index contributed by atoms with van der Waals surface area (Å²) in [5, 5.41) is 0.286. The van der Waals surface area contributed by atoms with E-state index in [9.17, 15) is 9.59 Å². The molecule has 0 bridgehead atoms. The molecule has 7 nitrogen and oxygen atoms in total. The average Bonchev–Trinajstić information content (AvgIpc) is 2.37. The third-order valence-corrected chi connectivity index (χ3v) is 2.07. The Morgan fingerprint density at radius 1 is 1.00 bits per heavy atom. The number of hydrogen-bond acceptors (Lipinski definition) is 7. The number of nitrogens with zero attached hydrogens (tertiary/aromatic N) is 4. The average molecular weight is 379 g/mol. The molecule has 0 spiro atoms. The largest absolute Gasteiger partial charge is 0.382 e. The molecule has 23 heavy (non-hydrogen) atoms. The maximum absolute atomic E-state index is 10.6. The summed E-state index contributed by atoms with van der Waals surface area (Å²) < 4.78 is 0. The van der Waals surface area contributed by atoms with Gasteiger partial charge in [0.25, 0.3) is 0 Å². The SMILES string of the molecule is CC(=O)Cc1cncc(Cl)n1.CC(=O)Cl.Nc1cncc(Cl)n1. The van der Waals surface area contributed by atoms with Crippen molar-refractivity contribution in [1.29, 1.82) is 0 Å². The topological polar surface area (TPSA) is 112 Å². The molecule has 2 N–H and O–H groups in total. The predicted molar refractivity (Wildman–Crippen MR) is 89.4 cm³/mol. The van der Waals surface area contributed by atoms with Crippen LogP contribution in [0.3, 0.4) is 0 Å². The molecule has 0 saturated carbocycles. The number of rotatable bonds is 2. The van der Waals surface area contributed by atoms with Crippen LogP contribution in [0.4, 0.5) is 5.82 Å². The minimum absolute atomic E-state index is 0.0570. The zero-order valence-electron chi connectivity index (χ0n) is 12.3. The molecular formula is C13H14Cl3N5O2. The van der Waals surface area contributed by atoms with Crippen LogP contribution in [-0.2, 0) is 16.0 Å². The van der Waals surface area contributed by atoms with E-state index in [1.807, 2.05) is 0 Å². The molecule has 2 heterocycles. The van der Waals surface area contributed by atoms with Gasteiger partial charge in [0.2, 0.25) is 5.24 Å². The highest BCUT2D eigenvalue weighted by atomic mass is 35.5. The highest BCUT2D eigenvalue weighted by Crippen LogP contribution is 2.03. The van der Waals surface area contributed by atoms with E-state index in [2.05, 4.69) is 31.5 Å². The molecule has 0 amide bonds. The van der Waals surface area contributed by atoms with Crippen LogP contribution in [0.25, 0.3) is 0 Å². The van der Waals surface area contributed by atoms with Gasteiger partial charge in [0.1, 0.15) is 21.9 Å². The first-order valence-electron chi connectivity index (χ1n) is 6.05. The molecule has 2 rings (SSSR count). The van der Waals surface area contributed by atoms with E-state index in [-0.39, 0.29) is 11.0 Å². The molecule has 0 aliphatic heterocycles. The number of halogens is 3. The van der Waals surface area contributed by atoms with Crippen LogP contribution in [0, 0.1) is 0 Å². The van der Waals surface area contributed by atoms with Gasteiger partial charge in [-0.05, 0) is 18.5 Å². The zero-order chi connectivity index (χ0) is 17.8. The molecule has 2 aromatic heterocycles. The van der Waals surface area contributed by atoms with E-state index >= 15 is 0 Å². The number of aromatic nitrogens is 4. The van der Waals surface area contributed by atoms with Gasteiger partial charge in [0.15, 0.2) is 0 Å². The van der Waals surface area contributed by atoms with E-state index in [1.165, 1.54) is 38.6 Å². The minimum Gasteiger partial charge on any atom is -0.382 e. The zero-order valence-corrected chi connectivity index (χ0v) is 14.6. The monoisotopic (exact) mass is 377 g/mol. The third kappa shape index (κ3) is 13.5. The van der Waals surface area contributed by atoms with Crippen LogP contribution < -0.4 is 5.73 Å². The number of Topliss-reactive ketones (excluding diaryl/α,β-unsaturated/α-hetero) is 1. The van der Waals surface area contributed by atoms with Crippen LogP contribution in [0.5, 0.6) is 0 Å². The van der Waals surface area contributed by atoms with Crippen LogP contribution in [0.2, 0.25) is 10.3 Å². The van der Waals surface area contributed by atoms with Gasteiger partial charge >= 0.3 is 0 Å². The van der Waals surface area contributed by atoms with Crippen molar-refractivity contribution in [1.82, 2.24) is 19.9 Å². The summed E-state index contributed by atoms with van der Waals surface area (Å²) in [6, 6.07) is 0. The van der Waals surface area contributed by atoms with Gasteiger partial charge in [-0.2, -0.15) is 0 Å². The molecule has 0 saturated heterocycles. The van der Waals surface area contributed by atoms with E-state index in [4.69, 9.17) is 28.9 Å². The van der Waals surface area contributed by atoms with Crippen molar-refractivity contribution in [2.45, 2.75) is 20.3 Å². The van der Waals surface area contributed by atoms with Crippen LogP contribution in [0.15, 0.2) is 24.8 Å². The fraction of sp³-hybridized carbons (Fsp3) is 0.231. The van der Waals surface area contributed by atoms with E-state index in [0.29, 0.717) is 28.2 Å². The summed E-state index contributed by atoms with van der Waals surface area (Å²) >= 11 is 15.6. The lowest BCUT2D eigenvalue weighted by atomic mass is 10.2. The van der Waals surface area contributed by atoms with Gasteiger partial charge in [-0.25, -0.2) is 9.97 Å². The van der Waals surface area contributed by atoms with Crippen molar-refractivity contribution in [2.75, 3.05) is 5.73 Å². The fourth-order valence-corrected chi connectivity index (χ4v) is 1.40. The van der Waals surface area contributed by atoms with Crippen LogP contribution in [0.1, 0.15) is 19.5 Å². The minimum atomic E-state index is -0.361. The first kappa shape index (κ1) is 21.2. The number of anilines is 1. The molecule has 0 aliphatic carbocycles. The van der Waals surface area contributed by atoms with Gasteiger partial charge in [-0.15, -0.1) is 0 Å². The van der Waals surface area contributed by atoms with Gasteiger partial charge in [-0.1, -0.05) is 23.2 Å². The van der Waals surface area contributed by atoms with Crippen molar-refractivity contribution in [3.63, 3.8) is 0 Å². The Morgan fingerprint density at radius 3 is 1.83 bits per heavy atom. The molecule has 0 fully saturated rings. The molecule has 0 aliphatic rings. The van der Waals surface area contributed by atoms with Crippen LogP contribution >= 0.6 is 34.8 Å². The second-order valence-corrected chi connectivity index (χ2v) is 5.26. The number of nitrogens with two attached hydrogens (primary N) is 1. The second-order valence-electron chi connectivity index (χ2n) is 3.95. The van der Waals surface area contributed by atoms with E-state index in [0.717, 1.165) is 0 Å². The highest BCUT2D eigenvalue weighted by molar-refractivity contribution is 6.62. The summed E-state index contributed by atoms with van der Waals surface area (Å²) in [7, 11) is 0. The highest BCUT2D eigenvalue weighted by Gasteiger charge is 1.99. The van der Waals surface area contributed by atoms with Gasteiger partial charge in [0, 0.05) is 19.5 Å². The van der Waals surface area contributed by atoms with Crippen LogP contribution in [-0.4, -0.2) is 31.0 Å². The Hall–Kier alpha value is -1.83. The Morgan fingerprint density at radius 2 is 1.48 bits per heavy atom. The Labute approximate surface area is 148 Å². The predicted octanol–water partition coefficient (Wildman–Crippen LogP) is 2.75. The first-order valence-corrected chi connectivity index (χ1v) is 7.19. The van der Waals surface area contributed by atoms with Gasteiger partial charge in [-0.3, -0.25) is 19.6 Å². The van der Waals surface area contributed by atoms with Gasteiger partial charge < -0.3 is 5.73 Å². The number of ketones is 1. The Balaban J connectivity index is 0.000000354. The number of carbonyl (C=O) groups is 2. The maximum atomic E-state index is 10.6. The summed E-state index contributed by atoms with van der Waals surface area (Å²) in [5.74, 6) is 0.402. The van der Waals surface area contributed by atoms with Gasteiger partial charge in [0.05, 0.1) is 24.3 Å². The van der Waals surface area contributed by atoms with E-state index < -0.39 is 0 Å². The summed E-state index contributed by atoms with van der Waals surface area (Å²) in [6.45, 7) is 2.80. The van der Waals surface area contributed by atoms with Crippen molar-refractivity contribution in [3.8, 4) is 0 Å². The summed E-state index contributed by atoms with van der Waals surface area (Å²) in [4.78, 5) is 34.8. The molecular weight excluding hydrogens is 365 g/mol. The Kier molecular flexibility index (Phi) is 10.8. The Bertz CT molecular complexity index is 634. The molecule has 0 radical (unpaired) electrons. The summed E-state index contributed by atoms with van der Waals surface area (Å²) in [6.07, 6.45) is 6.13. The van der Waals surface area contributed by atoms with E-state index in [1.54, 1.807) is 0 Å². The third-order valence-electron chi connectivity index (χ3n) is 1.71. The lowest BCUT2D eigenvalue weighted by molar-refractivity contribution is -0.116. The molecule has 124 valence electrons. The summed E-state index contributed by atoms with van der Waals surface area (Å²) in [5.41, 5.74) is 5.82. The standard InChI is InChI=1S/C7H7ClN2O.C4H4ClN3.C2H3ClO/c1-5(11)2-6-3-9-4-7(8)10-6;5-3-1-7-2-4(6)8-3;1-2(3)4/h3-4H,2H2,1H3;1-2H,(H2,6,8);1H3. The smallest absolute Gasteiger partial charge is 0.218 e. The number of carbonyl (C=O) groups excluding carboxylic acids is 2. The second kappa shape index (κ2) is 11.7. The van der Waals surface area contributed by atoms with Crippen molar-refractivity contribution >= 4 is 51.6 Å². The van der Waals surface area contributed by atoms with Crippen molar-refractivity contribution in [3.05, 3.63) is 40.8 Å². The van der Waals surface area contributed by atoms with Crippen molar-refractivity contribution < 1.29 is 9.59 Å². The molecule has 2 aromatic rings. The lowest BCUT2D eigenvalue weighted by Crippen LogP contribution is -1.99. The molecule has 0 aromatic carbocycles. The fourth-order valence-electron chi connectivity index (χ4n) is 1.08. The molecule has 0 unspecified atom stereocenters. The quantitative estimate of drug-likeness (QED) is 0.799. The number of nitrogen functional groups attached to an aromatic ring is 1.